The van der Waals surface area contributed by atoms with Crippen molar-refractivity contribution in [3.63, 3.8) is 0 Å². The van der Waals surface area contributed by atoms with Gasteiger partial charge < -0.3 is 10.1 Å². The van der Waals surface area contributed by atoms with Crippen molar-refractivity contribution < 1.29 is 14.3 Å². The Morgan fingerprint density at radius 3 is 2.18 bits per heavy atom. The van der Waals surface area contributed by atoms with Crippen LogP contribution in [-0.2, 0) is 4.79 Å². The number of esters is 1. The fourth-order valence-corrected chi connectivity index (χ4v) is 2.12. The number of carbonyl (C=O) groups excluding carboxylic acids is 2. The molecule has 2 rings (SSSR count). The van der Waals surface area contributed by atoms with Crippen molar-refractivity contribution in [2.75, 3.05) is 0 Å². The third-order valence-electron chi connectivity index (χ3n) is 3.15. The molecule has 4 nitrogen and oxygen atoms in total. The van der Waals surface area contributed by atoms with Gasteiger partial charge in [0.2, 0.25) is 0 Å². The lowest BCUT2D eigenvalue weighted by Gasteiger charge is -2.14. The molecule has 4 heteroatoms. The molecule has 2 aromatic carbocycles. The van der Waals surface area contributed by atoms with Crippen molar-refractivity contribution in [1.29, 1.82) is 0 Å². The first kappa shape index (κ1) is 15.8. The molecule has 0 fully saturated rings. The van der Waals surface area contributed by atoms with Gasteiger partial charge in [0, 0.05) is 5.56 Å². The number of carbonyl (C=O) groups is 2. The Labute approximate surface area is 130 Å². The second kappa shape index (κ2) is 6.89. The lowest BCUT2D eigenvalue weighted by Crippen LogP contribution is -2.40. The monoisotopic (exact) mass is 297 g/mol. The van der Waals surface area contributed by atoms with E-state index in [2.05, 4.69) is 5.32 Å². The van der Waals surface area contributed by atoms with Gasteiger partial charge in [-0.15, -0.1) is 0 Å². The highest BCUT2D eigenvalue weighted by Crippen LogP contribution is 2.16. The van der Waals surface area contributed by atoms with Gasteiger partial charge in [-0.05, 0) is 56.2 Å². The molecule has 0 radical (unpaired) electrons. The lowest BCUT2D eigenvalue weighted by atomic mass is 10.1. The summed E-state index contributed by atoms with van der Waals surface area (Å²) in [5.41, 5.74) is 2.54. The normalized spacial score (nSPS) is 11.6. The summed E-state index contributed by atoms with van der Waals surface area (Å²) in [5, 5.41) is 2.63. The van der Waals surface area contributed by atoms with E-state index in [0.29, 0.717) is 11.3 Å². The average Bonchev–Trinajstić information content (AvgIpc) is 2.46. The van der Waals surface area contributed by atoms with E-state index in [0.717, 1.165) is 11.1 Å². The highest BCUT2D eigenvalue weighted by Gasteiger charge is 2.18. The summed E-state index contributed by atoms with van der Waals surface area (Å²) < 4.78 is 5.32. The molecule has 0 aliphatic carbocycles. The van der Waals surface area contributed by atoms with E-state index in [1.165, 1.54) is 0 Å². The van der Waals surface area contributed by atoms with Gasteiger partial charge >= 0.3 is 5.97 Å². The van der Waals surface area contributed by atoms with Crippen LogP contribution in [0.15, 0.2) is 48.5 Å². The molecule has 0 aliphatic rings. The number of hydrogen-bond acceptors (Lipinski definition) is 3. The molecule has 1 atom stereocenters. The van der Waals surface area contributed by atoms with E-state index in [1.54, 1.807) is 43.3 Å². The first-order valence-corrected chi connectivity index (χ1v) is 7.11. The summed E-state index contributed by atoms with van der Waals surface area (Å²) in [6.45, 7) is 5.47. The van der Waals surface area contributed by atoms with Crippen LogP contribution in [0.5, 0.6) is 5.75 Å². The SMILES string of the molecule is Cc1cc(C)cc(OC(=O)[C@H](C)NC(=O)c2ccccc2)c1. The summed E-state index contributed by atoms with van der Waals surface area (Å²) >= 11 is 0. The molecule has 22 heavy (non-hydrogen) atoms. The summed E-state index contributed by atoms with van der Waals surface area (Å²) in [6, 6.07) is 13.6. The van der Waals surface area contributed by atoms with Crippen LogP contribution < -0.4 is 10.1 Å². The zero-order valence-electron chi connectivity index (χ0n) is 12.9. The number of ether oxygens (including phenoxy) is 1. The van der Waals surface area contributed by atoms with Crippen molar-refractivity contribution in [1.82, 2.24) is 5.32 Å². The van der Waals surface area contributed by atoms with Gasteiger partial charge in [0.1, 0.15) is 11.8 Å². The van der Waals surface area contributed by atoms with Gasteiger partial charge in [-0.3, -0.25) is 4.79 Å². The van der Waals surface area contributed by atoms with Crippen LogP contribution >= 0.6 is 0 Å². The molecule has 0 unspecified atom stereocenters. The number of nitrogens with one attached hydrogen (secondary N) is 1. The van der Waals surface area contributed by atoms with Gasteiger partial charge in [-0.1, -0.05) is 24.3 Å². The van der Waals surface area contributed by atoms with E-state index in [4.69, 9.17) is 4.74 Å². The molecule has 0 aromatic heterocycles. The first-order chi connectivity index (χ1) is 10.5. The maximum absolute atomic E-state index is 12.1. The Balaban J connectivity index is 1.99. The van der Waals surface area contributed by atoms with Crippen molar-refractivity contribution in [2.45, 2.75) is 26.8 Å². The van der Waals surface area contributed by atoms with Crippen LogP contribution in [0.25, 0.3) is 0 Å². The molecular formula is C18H19NO3. The Morgan fingerprint density at radius 2 is 1.59 bits per heavy atom. The summed E-state index contributed by atoms with van der Waals surface area (Å²) in [4.78, 5) is 24.1. The molecule has 2 aromatic rings. The molecule has 1 amide bonds. The predicted octanol–water partition coefficient (Wildman–Crippen LogP) is 3.03. The number of benzene rings is 2. The molecule has 0 bridgehead atoms. The third-order valence-corrected chi connectivity index (χ3v) is 3.15. The summed E-state index contributed by atoms with van der Waals surface area (Å²) in [6.07, 6.45) is 0. The van der Waals surface area contributed by atoms with Crippen LogP contribution in [0.3, 0.4) is 0 Å². The maximum atomic E-state index is 12.1. The van der Waals surface area contributed by atoms with Gasteiger partial charge in [-0.25, -0.2) is 4.79 Å². The molecule has 114 valence electrons. The molecule has 0 saturated heterocycles. The molecular weight excluding hydrogens is 278 g/mol. The molecule has 0 heterocycles. The van der Waals surface area contributed by atoms with Crippen molar-refractivity contribution in [3.05, 3.63) is 65.2 Å². The third kappa shape index (κ3) is 4.19. The second-order valence-electron chi connectivity index (χ2n) is 5.31. The fraction of sp³-hybridized carbons (Fsp3) is 0.222. The quantitative estimate of drug-likeness (QED) is 0.697. The molecule has 0 saturated carbocycles. The van der Waals surface area contributed by atoms with Crippen LogP contribution in [0.1, 0.15) is 28.4 Å². The van der Waals surface area contributed by atoms with Gasteiger partial charge in [0.15, 0.2) is 0 Å². The van der Waals surface area contributed by atoms with Crippen molar-refractivity contribution >= 4 is 11.9 Å². The van der Waals surface area contributed by atoms with E-state index >= 15 is 0 Å². The topological polar surface area (TPSA) is 55.4 Å². The van der Waals surface area contributed by atoms with Crippen LogP contribution in [0.4, 0.5) is 0 Å². The maximum Gasteiger partial charge on any atom is 0.333 e. The van der Waals surface area contributed by atoms with E-state index in [-0.39, 0.29) is 5.91 Å². The summed E-state index contributed by atoms with van der Waals surface area (Å²) in [7, 11) is 0. The van der Waals surface area contributed by atoms with Gasteiger partial charge in [0.05, 0.1) is 0 Å². The Kier molecular flexibility index (Phi) is 4.94. The minimum atomic E-state index is -0.728. The number of aryl methyl sites for hydroxylation is 2. The minimum Gasteiger partial charge on any atom is -0.425 e. The number of hydrogen-bond donors (Lipinski definition) is 1. The highest BCUT2D eigenvalue weighted by atomic mass is 16.5. The highest BCUT2D eigenvalue weighted by molar-refractivity contribution is 5.96. The largest absolute Gasteiger partial charge is 0.425 e. The zero-order chi connectivity index (χ0) is 16.1. The van der Waals surface area contributed by atoms with Crippen molar-refractivity contribution in [3.8, 4) is 5.75 Å². The van der Waals surface area contributed by atoms with E-state index < -0.39 is 12.0 Å². The Morgan fingerprint density at radius 1 is 1.00 bits per heavy atom. The standard InChI is InChI=1S/C18H19NO3/c1-12-9-13(2)11-16(10-12)22-18(21)14(3)19-17(20)15-7-5-4-6-8-15/h4-11,14H,1-3H3,(H,19,20)/t14-/m0/s1. The Bertz CT molecular complexity index is 660. The van der Waals surface area contributed by atoms with Crippen LogP contribution in [-0.4, -0.2) is 17.9 Å². The number of rotatable bonds is 4. The molecule has 0 spiro atoms. The predicted molar refractivity (Wildman–Crippen MR) is 84.9 cm³/mol. The second-order valence-corrected chi connectivity index (χ2v) is 5.31. The molecule has 1 N–H and O–H groups in total. The van der Waals surface area contributed by atoms with Crippen LogP contribution in [0.2, 0.25) is 0 Å². The number of amides is 1. The van der Waals surface area contributed by atoms with Crippen LogP contribution in [0, 0.1) is 13.8 Å². The minimum absolute atomic E-state index is 0.300. The lowest BCUT2D eigenvalue weighted by molar-refractivity contribution is -0.136. The fourth-order valence-electron chi connectivity index (χ4n) is 2.12. The molecule has 0 aliphatic heterocycles. The Hall–Kier alpha value is -2.62. The van der Waals surface area contributed by atoms with E-state index in [9.17, 15) is 9.59 Å². The van der Waals surface area contributed by atoms with Gasteiger partial charge in [-0.2, -0.15) is 0 Å². The van der Waals surface area contributed by atoms with Gasteiger partial charge in [0.25, 0.3) is 5.91 Å². The smallest absolute Gasteiger partial charge is 0.333 e. The van der Waals surface area contributed by atoms with E-state index in [1.807, 2.05) is 26.0 Å². The first-order valence-electron chi connectivity index (χ1n) is 7.11. The zero-order valence-corrected chi connectivity index (χ0v) is 12.9. The summed E-state index contributed by atoms with van der Waals surface area (Å²) in [5.74, 6) is -0.303. The van der Waals surface area contributed by atoms with Crippen molar-refractivity contribution in [2.24, 2.45) is 0 Å². The average molecular weight is 297 g/mol.